The van der Waals surface area contributed by atoms with Gasteiger partial charge in [0.15, 0.2) is 5.60 Å². The molecule has 14 nitrogen and oxygen atoms in total. The standard InChI is InChI=1S/C40H43FN6O8/c1-6-40(53)26-13-30-34-24(15-47(30)37(50)25(26)17-54-38(40)51)32-28(12-11-23-19(4)27(41)14-29(45-34)31(23)32)46-39(52)55-16-21-7-9-22(10-8-21)44-35(48)20(5)43-36(49)33(42)18(2)3/h7-10,13-14,18,20,28,33,53H,6,11-12,15-17,42H2,1-5H3,(H,43,49)(H,44,48)(H,46,52)/t20-,28?,33-,40-/m0/s1. The number of pyridine rings is 2. The minimum atomic E-state index is -2.01. The highest BCUT2D eigenvalue weighted by atomic mass is 19.1. The van der Waals surface area contributed by atoms with Crippen LogP contribution in [0.3, 0.4) is 0 Å². The number of fused-ring (bicyclic) bond motifs is 5. The van der Waals surface area contributed by atoms with Crippen LogP contribution in [0.5, 0.6) is 0 Å². The number of esters is 1. The first-order valence-electron chi connectivity index (χ1n) is 18.3. The maximum Gasteiger partial charge on any atom is 0.407 e. The lowest BCUT2D eigenvalue weighted by molar-refractivity contribution is -0.172. The van der Waals surface area contributed by atoms with E-state index in [-0.39, 0.29) is 43.2 Å². The van der Waals surface area contributed by atoms with Crippen LogP contribution in [0.4, 0.5) is 14.9 Å². The zero-order chi connectivity index (χ0) is 39.5. The SMILES string of the molecule is CC[C@@]1(O)C(=O)OCc2c1cc1n(c2=O)Cc2c-1nc1cc(F)c(C)c3c1c2C(NC(=O)OCc1ccc(NC(=O)[C@H](C)NC(=O)[C@@H](N)C(C)C)cc1)CC3. The largest absolute Gasteiger partial charge is 0.458 e. The summed E-state index contributed by atoms with van der Waals surface area (Å²) in [4.78, 5) is 69.6. The van der Waals surface area contributed by atoms with Crippen LogP contribution in [-0.4, -0.2) is 50.6 Å². The maximum absolute atomic E-state index is 15.3. The van der Waals surface area contributed by atoms with Gasteiger partial charge in [0.05, 0.1) is 41.1 Å². The number of rotatable bonds is 9. The van der Waals surface area contributed by atoms with Gasteiger partial charge in [-0.05, 0) is 79.5 Å². The van der Waals surface area contributed by atoms with Gasteiger partial charge in [0.2, 0.25) is 11.8 Å². The van der Waals surface area contributed by atoms with Gasteiger partial charge in [-0.15, -0.1) is 0 Å². The van der Waals surface area contributed by atoms with Gasteiger partial charge in [-0.2, -0.15) is 0 Å². The number of carbonyl (C=O) groups is 4. The Balaban J connectivity index is 1.11. The number of alkyl carbamates (subject to hydrolysis) is 1. The quantitative estimate of drug-likeness (QED) is 0.138. The number of benzene rings is 2. The van der Waals surface area contributed by atoms with Gasteiger partial charge in [0.1, 0.15) is 25.1 Å². The average Bonchev–Trinajstić information content (AvgIpc) is 3.53. The third-order valence-electron chi connectivity index (χ3n) is 11.0. The Morgan fingerprint density at radius 3 is 2.53 bits per heavy atom. The lowest BCUT2D eigenvalue weighted by Crippen LogP contribution is -2.50. The normalized spacial score (nSPS) is 19.1. The van der Waals surface area contributed by atoms with Gasteiger partial charge < -0.3 is 40.8 Å². The first-order chi connectivity index (χ1) is 26.1. The number of nitrogens with zero attached hydrogens (tertiary/aromatic N) is 2. The van der Waals surface area contributed by atoms with Crippen molar-refractivity contribution in [3.63, 3.8) is 0 Å². The Kier molecular flexibility index (Phi) is 9.71. The molecule has 4 atom stereocenters. The molecular weight excluding hydrogens is 711 g/mol. The number of nitrogens with one attached hydrogen (secondary N) is 3. The number of carbonyl (C=O) groups excluding carboxylic acids is 4. The summed E-state index contributed by atoms with van der Waals surface area (Å²) < 4.78 is 27.6. The molecule has 7 rings (SSSR count). The molecule has 2 aromatic carbocycles. The molecule has 6 N–H and O–H groups in total. The fourth-order valence-corrected chi connectivity index (χ4v) is 7.64. The number of aromatic nitrogens is 2. The Morgan fingerprint density at radius 1 is 1.11 bits per heavy atom. The van der Waals surface area contributed by atoms with E-state index < -0.39 is 59.0 Å². The third kappa shape index (κ3) is 6.50. The van der Waals surface area contributed by atoms with Gasteiger partial charge in [0.25, 0.3) is 5.56 Å². The summed E-state index contributed by atoms with van der Waals surface area (Å²) in [5.41, 5.74) is 8.70. The van der Waals surface area contributed by atoms with Gasteiger partial charge in [-0.25, -0.2) is 19.0 Å². The highest BCUT2D eigenvalue weighted by Gasteiger charge is 2.46. The van der Waals surface area contributed by atoms with Crippen molar-refractivity contribution in [2.45, 2.75) is 97.4 Å². The predicted molar refractivity (Wildman–Crippen MR) is 199 cm³/mol. The third-order valence-corrected chi connectivity index (χ3v) is 11.0. The van der Waals surface area contributed by atoms with E-state index in [2.05, 4.69) is 16.0 Å². The number of hydrogen-bond acceptors (Lipinski definition) is 10. The summed E-state index contributed by atoms with van der Waals surface area (Å²) in [5.74, 6) is -2.18. The van der Waals surface area contributed by atoms with Gasteiger partial charge >= 0.3 is 12.1 Å². The number of halogens is 1. The van der Waals surface area contributed by atoms with Crippen LogP contribution in [0, 0.1) is 18.7 Å². The van der Waals surface area contributed by atoms with Crippen molar-refractivity contribution in [3.8, 4) is 11.4 Å². The second-order valence-electron chi connectivity index (χ2n) is 14.8. The number of aliphatic hydroxyl groups is 1. The van der Waals surface area contributed by atoms with Gasteiger partial charge in [-0.3, -0.25) is 14.4 Å². The molecule has 2 aliphatic heterocycles. The molecule has 2 aromatic heterocycles. The van der Waals surface area contributed by atoms with E-state index in [4.69, 9.17) is 20.2 Å². The van der Waals surface area contributed by atoms with Crippen LogP contribution in [-0.2, 0) is 55.6 Å². The summed E-state index contributed by atoms with van der Waals surface area (Å²) in [6.07, 6.45) is 0.179. The van der Waals surface area contributed by atoms with Crippen LogP contribution in [0.15, 0.2) is 41.2 Å². The van der Waals surface area contributed by atoms with Gasteiger partial charge in [-0.1, -0.05) is 32.9 Å². The first-order valence-corrected chi connectivity index (χ1v) is 18.3. The molecule has 55 heavy (non-hydrogen) atoms. The average molecular weight is 755 g/mol. The molecule has 3 amide bonds. The van der Waals surface area contributed by atoms with Crippen molar-refractivity contribution in [1.82, 2.24) is 20.2 Å². The molecule has 0 fully saturated rings. The highest BCUT2D eigenvalue weighted by molar-refractivity contribution is 5.97. The van der Waals surface area contributed by atoms with Crippen LogP contribution in [0.25, 0.3) is 22.3 Å². The molecule has 1 aliphatic carbocycles. The van der Waals surface area contributed by atoms with E-state index in [0.29, 0.717) is 63.1 Å². The molecule has 0 saturated heterocycles. The van der Waals surface area contributed by atoms with E-state index in [1.165, 1.54) is 10.6 Å². The van der Waals surface area contributed by atoms with E-state index in [1.807, 2.05) is 13.8 Å². The highest BCUT2D eigenvalue weighted by Crippen LogP contribution is 2.46. The monoisotopic (exact) mass is 754 g/mol. The second-order valence-corrected chi connectivity index (χ2v) is 14.8. The fourth-order valence-electron chi connectivity index (χ4n) is 7.64. The van der Waals surface area contributed by atoms with Crippen molar-refractivity contribution in [3.05, 3.63) is 91.5 Å². The van der Waals surface area contributed by atoms with Crippen molar-refractivity contribution in [2.24, 2.45) is 11.7 Å². The number of anilines is 1. The van der Waals surface area contributed by atoms with Crippen molar-refractivity contribution >= 4 is 40.5 Å². The summed E-state index contributed by atoms with van der Waals surface area (Å²) in [6, 6.07) is 7.52. The molecule has 0 spiro atoms. The Bertz CT molecular complexity index is 2340. The van der Waals surface area contributed by atoms with E-state index in [9.17, 15) is 29.1 Å². The fraction of sp³-hybridized carbons (Fsp3) is 0.400. The molecule has 0 bridgehead atoms. The van der Waals surface area contributed by atoms with Crippen LogP contribution < -0.4 is 27.2 Å². The number of aryl methyl sites for hydroxylation is 1. The first kappa shape index (κ1) is 37.6. The van der Waals surface area contributed by atoms with Crippen LogP contribution in [0.1, 0.15) is 85.5 Å². The Labute approximate surface area is 315 Å². The number of amides is 3. The molecule has 0 saturated carbocycles. The zero-order valence-corrected chi connectivity index (χ0v) is 31.2. The summed E-state index contributed by atoms with van der Waals surface area (Å²) in [6.45, 7) is 8.28. The molecule has 4 aromatic rings. The van der Waals surface area contributed by atoms with Crippen LogP contribution in [0.2, 0.25) is 0 Å². The maximum atomic E-state index is 15.3. The lowest BCUT2D eigenvalue weighted by Gasteiger charge is -2.31. The van der Waals surface area contributed by atoms with E-state index in [0.717, 1.165) is 5.56 Å². The van der Waals surface area contributed by atoms with Crippen molar-refractivity contribution in [1.29, 1.82) is 0 Å². The topological polar surface area (TPSA) is 204 Å². The summed E-state index contributed by atoms with van der Waals surface area (Å²) >= 11 is 0. The second kappa shape index (κ2) is 14.2. The molecule has 0 radical (unpaired) electrons. The molecule has 288 valence electrons. The minimum absolute atomic E-state index is 0.0115. The summed E-state index contributed by atoms with van der Waals surface area (Å²) in [7, 11) is 0. The minimum Gasteiger partial charge on any atom is -0.458 e. The number of hydrogen-bond donors (Lipinski definition) is 5. The van der Waals surface area contributed by atoms with E-state index in [1.54, 1.807) is 51.1 Å². The smallest absolute Gasteiger partial charge is 0.407 e. The lowest BCUT2D eigenvalue weighted by atomic mass is 9.81. The summed E-state index contributed by atoms with van der Waals surface area (Å²) in [5, 5.41) is 20.3. The Hall–Kier alpha value is -5.67. The molecular formula is C40H43FN6O8. The van der Waals surface area contributed by atoms with E-state index >= 15 is 4.39 Å². The Morgan fingerprint density at radius 2 is 1.84 bits per heavy atom. The number of cyclic esters (lactones) is 1. The molecule has 4 heterocycles. The molecule has 3 aliphatic rings. The number of ether oxygens (including phenoxy) is 2. The zero-order valence-electron chi connectivity index (χ0n) is 31.2. The van der Waals surface area contributed by atoms with Crippen molar-refractivity contribution in [2.75, 3.05) is 5.32 Å². The number of nitrogens with two attached hydrogens (primary N) is 1. The van der Waals surface area contributed by atoms with Gasteiger partial charge in [0, 0.05) is 28.3 Å². The van der Waals surface area contributed by atoms with Crippen molar-refractivity contribution < 1.29 is 38.1 Å². The molecule has 1 unspecified atom stereocenters. The molecule has 15 heteroatoms. The van der Waals surface area contributed by atoms with Crippen LogP contribution >= 0.6 is 0 Å². The predicted octanol–water partition coefficient (Wildman–Crippen LogP) is 3.87.